The number of fused-ring (bicyclic) bond motifs is 5. The van der Waals surface area contributed by atoms with E-state index in [1.54, 1.807) is 45.1 Å². The molecule has 62 heavy (non-hydrogen) atoms. The summed E-state index contributed by atoms with van der Waals surface area (Å²) in [6.45, 7) is 8.72. The Labute approximate surface area is 369 Å². The molecule has 4 heterocycles. The number of esters is 1. The molecular weight excluding hydrogens is 848 g/mol. The fourth-order valence-electron chi connectivity index (χ4n) is 8.37. The van der Waals surface area contributed by atoms with Crippen molar-refractivity contribution >= 4 is 57.1 Å². The molecule has 5 rings (SSSR count). The largest absolute Gasteiger partial charge is 0.495 e. The molecular formula is C43H61ClN4O13S. The van der Waals surface area contributed by atoms with E-state index in [9.17, 15) is 37.5 Å². The molecule has 0 spiro atoms. The fourth-order valence-corrected chi connectivity index (χ4v) is 10.1. The average Bonchev–Trinajstić information content (AvgIpc) is 3.85. The summed E-state index contributed by atoms with van der Waals surface area (Å²) >= 11 is 6.77. The molecule has 1 aromatic rings. The molecule has 3 saturated heterocycles. The number of rotatable bonds is 13. The van der Waals surface area contributed by atoms with Gasteiger partial charge in [0.2, 0.25) is 27.7 Å². The van der Waals surface area contributed by atoms with Crippen molar-refractivity contribution in [3.8, 4) is 5.75 Å². The number of carbonyl (C=O) groups excluding carboxylic acids is 5. The predicted molar refractivity (Wildman–Crippen MR) is 229 cm³/mol. The van der Waals surface area contributed by atoms with Crippen LogP contribution in [0.2, 0.25) is 5.02 Å². The van der Waals surface area contributed by atoms with E-state index < -0.39 is 82.1 Å². The molecule has 9 atom stereocenters. The Kier molecular flexibility index (Phi) is 15.6. The van der Waals surface area contributed by atoms with Crippen molar-refractivity contribution in [3.05, 3.63) is 46.5 Å². The van der Waals surface area contributed by atoms with Crippen LogP contribution in [0.5, 0.6) is 5.75 Å². The second kappa shape index (κ2) is 19.8. The minimum Gasteiger partial charge on any atom is -0.495 e. The first-order chi connectivity index (χ1) is 29.1. The Morgan fingerprint density at radius 2 is 1.79 bits per heavy atom. The van der Waals surface area contributed by atoms with Gasteiger partial charge in [-0.15, -0.1) is 0 Å². The van der Waals surface area contributed by atoms with Gasteiger partial charge in [-0.1, -0.05) is 62.1 Å². The lowest BCUT2D eigenvalue weighted by Crippen LogP contribution is -2.63. The topological polar surface area (TPSA) is 211 Å². The molecule has 0 aromatic heterocycles. The molecule has 344 valence electrons. The van der Waals surface area contributed by atoms with Gasteiger partial charge < -0.3 is 33.7 Å². The van der Waals surface area contributed by atoms with Crippen molar-refractivity contribution in [2.24, 2.45) is 11.8 Å². The number of halogens is 1. The second-order valence-corrected chi connectivity index (χ2v) is 19.7. The number of carbonyl (C=O) groups is 5. The number of anilines is 1. The molecule has 19 heteroatoms. The summed E-state index contributed by atoms with van der Waals surface area (Å²) in [5.41, 5.74) is -1.21. The maximum Gasteiger partial charge on any atom is 0.409 e. The normalized spacial score (nSPS) is 31.5. The highest BCUT2D eigenvalue weighted by atomic mass is 35.5. The van der Waals surface area contributed by atoms with Crippen molar-refractivity contribution < 1.29 is 61.2 Å². The average molecular weight is 909 g/mol. The summed E-state index contributed by atoms with van der Waals surface area (Å²) in [5.74, 6) is -2.66. The number of hydrogen-bond donors (Lipinski definition) is 2. The van der Waals surface area contributed by atoms with Gasteiger partial charge in [-0.2, -0.15) is 4.31 Å². The van der Waals surface area contributed by atoms with E-state index in [4.69, 9.17) is 35.3 Å². The van der Waals surface area contributed by atoms with Gasteiger partial charge in [-0.25, -0.2) is 13.2 Å². The first-order valence-electron chi connectivity index (χ1n) is 21.0. The van der Waals surface area contributed by atoms with E-state index in [1.165, 1.54) is 45.0 Å². The number of nitrogens with one attached hydrogen (secondary N) is 1. The van der Waals surface area contributed by atoms with Crippen LogP contribution in [-0.4, -0.2) is 135 Å². The number of likely N-dealkylation sites (tertiary alicyclic amines) is 1. The van der Waals surface area contributed by atoms with Crippen LogP contribution in [0.4, 0.5) is 10.5 Å². The Morgan fingerprint density at radius 3 is 2.44 bits per heavy atom. The fraction of sp³-hybridized carbons (Fsp3) is 0.651. The number of epoxide rings is 1. The molecule has 17 nitrogen and oxygen atoms in total. The smallest absolute Gasteiger partial charge is 0.409 e. The third-order valence-electron chi connectivity index (χ3n) is 12.5. The predicted octanol–water partition coefficient (Wildman–Crippen LogP) is 4.27. The standard InChI is InChI=1S/C43H61ClN4O13S/c1-25-15-14-16-33(58-9)43(54)24-32(59-41(53)45-43)27(3)38-42(5,61-38)34(23-35(49)46(6)30-21-29(19-25)22-31(57-8)37(30)44)60-40(52)28(4)47(7)62(55,56)18-13-11-10-12-17-48-36(50)20-26(2)39(48)51/h14-16,21-22,26-28,32-34,38,54H,10-13,17-20,23-24H2,1-9H3,(H,45,53)/b16-14+,25-15+/t26?,27-,28+,32+,33-,34+,38?,42+,43+/m1/s1. The maximum absolute atomic E-state index is 14.3. The van der Waals surface area contributed by atoms with Crippen molar-refractivity contribution in [1.82, 2.24) is 14.5 Å². The minimum atomic E-state index is -3.96. The van der Waals surface area contributed by atoms with Crippen molar-refractivity contribution in [3.63, 3.8) is 0 Å². The number of amides is 4. The zero-order valence-electron chi connectivity index (χ0n) is 37.0. The van der Waals surface area contributed by atoms with Crippen LogP contribution >= 0.6 is 11.6 Å². The van der Waals surface area contributed by atoms with Crippen molar-refractivity contribution in [2.75, 3.05) is 45.5 Å². The van der Waals surface area contributed by atoms with Crippen molar-refractivity contribution in [1.29, 1.82) is 0 Å². The molecule has 4 bridgehead atoms. The number of allylic oxidation sites excluding steroid dienone is 3. The molecule has 0 saturated carbocycles. The van der Waals surface area contributed by atoms with Gasteiger partial charge in [0.15, 0.2) is 5.72 Å². The number of imide groups is 1. The summed E-state index contributed by atoms with van der Waals surface area (Å²) in [5, 5.41) is 14.5. The number of sulfonamides is 1. The number of ether oxygens (including phenoxy) is 5. The zero-order chi connectivity index (χ0) is 45.9. The van der Waals surface area contributed by atoms with E-state index in [1.807, 2.05) is 13.0 Å². The number of benzene rings is 1. The molecule has 4 aliphatic rings. The summed E-state index contributed by atoms with van der Waals surface area (Å²) in [6.07, 6.45) is 2.45. The van der Waals surface area contributed by atoms with Gasteiger partial charge in [0, 0.05) is 52.4 Å². The maximum atomic E-state index is 14.3. The number of likely N-dealkylation sites (N-methyl/N-ethyl adjacent to an activating group) is 1. The Hall–Kier alpha value is -4.07. The second-order valence-electron chi connectivity index (χ2n) is 17.1. The van der Waals surface area contributed by atoms with Gasteiger partial charge in [-0.3, -0.25) is 29.4 Å². The van der Waals surface area contributed by atoms with E-state index in [2.05, 4.69) is 5.32 Å². The Morgan fingerprint density at radius 1 is 1.10 bits per heavy atom. The molecule has 4 amide bonds. The van der Waals surface area contributed by atoms with Crippen LogP contribution in [0.3, 0.4) is 0 Å². The lowest BCUT2D eigenvalue weighted by molar-refractivity contribution is -0.157. The SMILES string of the molecule is COc1cc2cc(c1Cl)N(C)C(=O)C[C@H](OC(=O)[C@H](C)N(C)S(=O)(=O)CCCCCCN1C(=O)CC(C)C1=O)[C@]1(C)OC1[C@H](C)[C@@H]1C[C@@](O)(NC(=O)O1)[C@H](OC)/C=C/C=C(\C)C2. The number of methoxy groups -OCH3 is 2. The van der Waals surface area contributed by atoms with Crippen LogP contribution in [0.15, 0.2) is 35.9 Å². The van der Waals surface area contributed by atoms with Crippen molar-refractivity contribution in [2.45, 2.75) is 128 Å². The summed E-state index contributed by atoms with van der Waals surface area (Å²) < 4.78 is 57.0. The summed E-state index contributed by atoms with van der Waals surface area (Å²) in [6, 6.07) is 2.21. The summed E-state index contributed by atoms with van der Waals surface area (Å²) in [4.78, 5) is 68.0. The number of nitrogens with zero attached hydrogens (tertiary/aromatic N) is 3. The van der Waals surface area contributed by atoms with E-state index in [0.29, 0.717) is 43.7 Å². The van der Waals surface area contributed by atoms with Crippen LogP contribution in [-0.2, 0) is 54.6 Å². The molecule has 1 aromatic carbocycles. The van der Waals surface area contributed by atoms with Crippen LogP contribution in [0.1, 0.15) is 85.1 Å². The first kappa shape index (κ1) is 49.0. The van der Waals surface area contributed by atoms with Crippen LogP contribution in [0, 0.1) is 11.8 Å². The molecule has 0 radical (unpaired) electrons. The van der Waals surface area contributed by atoms with Crippen LogP contribution in [0.25, 0.3) is 0 Å². The highest BCUT2D eigenvalue weighted by molar-refractivity contribution is 7.89. The Bertz CT molecular complexity index is 2060. The molecule has 3 fully saturated rings. The lowest BCUT2D eigenvalue weighted by atomic mass is 9.83. The molecule has 2 unspecified atom stereocenters. The quantitative estimate of drug-likeness (QED) is 0.123. The minimum absolute atomic E-state index is 0.103. The van der Waals surface area contributed by atoms with Gasteiger partial charge in [0.25, 0.3) is 0 Å². The van der Waals surface area contributed by atoms with Gasteiger partial charge >= 0.3 is 12.1 Å². The Balaban J connectivity index is 1.37. The zero-order valence-corrected chi connectivity index (χ0v) is 38.5. The van der Waals surface area contributed by atoms with E-state index in [0.717, 1.165) is 15.4 Å². The van der Waals surface area contributed by atoms with E-state index in [-0.39, 0.29) is 47.8 Å². The highest BCUT2D eigenvalue weighted by Crippen LogP contribution is 2.49. The monoisotopic (exact) mass is 908 g/mol. The molecule has 2 N–H and O–H groups in total. The third-order valence-corrected chi connectivity index (χ3v) is 14.9. The summed E-state index contributed by atoms with van der Waals surface area (Å²) in [7, 11) is 1.72. The lowest BCUT2D eigenvalue weighted by Gasteiger charge is -2.42. The first-order valence-corrected chi connectivity index (χ1v) is 22.9. The van der Waals surface area contributed by atoms with Gasteiger partial charge in [0.1, 0.15) is 40.7 Å². The third kappa shape index (κ3) is 10.8. The number of aliphatic hydroxyl groups is 1. The number of alkyl carbamates (subject to hydrolysis) is 1. The molecule has 4 aliphatic heterocycles. The van der Waals surface area contributed by atoms with Gasteiger partial charge in [-0.05, 0) is 57.7 Å². The molecule has 0 aliphatic carbocycles. The number of unbranched alkanes of at least 4 members (excludes halogenated alkanes) is 3. The van der Waals surface area contributed by atoms with Crippen LogP contribution < -0.4 is 15.0 Å². The van der Waals surface area contributed by atoms with Gasteiger partial charge in [0.05, 0.1) is 31.1 Å². The number of hydrogen-bond acceptors (Lipinski definition) is 13. The van der Waals surface area contributed by atoms with E-state index >= 15 is 0 Å². The highest BCUT2D eigenvalue weighted by Gasteiger charge is 2.64.